The Balaban J connectivity index is 3.01. The third-order valence-corrected chi connectivity index (χ3v) is 3.26. The van der Waals surface area contributed by atoms with Crippen molar-refractivity contribution >= 4 is 21.5 Å². The molecule has 0 unspecified atom stereocenters. The molecule has 122 valence electrons. The van der Waals surface area contributed by atoms with Crippen molar-refractivity contribution in [2.24, 2.45) is 0 Å². The van der Waals surface area contributed by atoms with Crippen molar-refractivity contribution in [3.8, 4) is 11.5 Å². The summed E-state index contributed by atoms with van der Waals surface area (Å²) in [6.07, 6.45) is -0.0766. The second-order valence-corrected chi connectivity index (χ2v) is 5.57. The Morgan fingerprint density at radius 1 is 1.14 bits per heavy atom. The molecule has 0 aromatic heterocycles. The van der Waals surface area contributed by atoms with Gasteiger partial charge in [-0.1, -0.05) is 0 Å². The number of hydrogen-bond donors (Lipinski definition) is 1. The molecule has 0 aliphatic carbocycles. The highest BCUT2D eigenvalue weighted by molar-refractivity contribution is 7.85. The Bertz CT molecular complexity index is 686. The van der Waals surface area contributed by atoms with Gasteiger partial charge < -0.3 is 9.47 Å². The maximum atomic E-state index is 10.8. The smallest absolute Gasteiger partial charge is 0.350 e. The van der Waals surface area contributed by atoms with Gasteiger partial charge in [0.2, 0.25) is 0 Å². The molecule has 0 atom stereocenters. The summed E-state index contributed by atoms with van der Waals surface area (Å²) >= 11 is 0. The predicted molar refractivity (Wildman–Crippen MR) is 72.8 cm³/mol. The fourth-order valence-corrected chi connectivity index (χ4v) is 2.01. The lowest BCUT2D eigenvalue weighted by atomic mass is 10.2. The lowest BCUT2D eigenvalue weighted by Crippen LogP contribution is -2.09. The normalized spacial score (nSPS) is 11.0. The number of nitro groups is 2. The van der Waals surface area contributed by atoms with Gasteiger partial charge in [-0.15, -0.1) is 0 Å². The summed E-state index contributed by atoms with van der Waals surface area (Å²) in [5, 5.41) is 21.6. The minimum atomic E-state index is -4.14. The van der Waals surface area contributed by atoms with Crippen LogP contribution in [0.15, 0.2) is 12.1 Å². The first kappa shape index (κ1) is 17.6. The van der Waals surface area contributed by atoms with Crippen LogP contribution in [0.4, 0.5) is 11.4 Å². The van der Waals surface area contributed by atoms with Gasteiger partial charge in [0.1, 0.15) is 0 Å². The van der Waals surface area contributed by atoms with Crippen LogP contribution in [0.2, 0.25) is 0 Å². The van der Waals surface area contributed by atoms with Crippen molar-refractivity contribution in [2.75, 3.05) is 19.5 Å². The second-order valence-electron chi connectivity index (χ2n) is 3.99. The van der Waals surface area contributed by atoms with Crippen molar-refractivity contribution in [3.05, 3.63) is 32.4 Å². The van der Waals surface area contributed by atoms with Gasteiger partial charge in [0.15, 0.2) is 11.5 Å². The summed E-state index contributed by atoms with van der Waals surface area (Å²) in [6, 6.07) is 1.67. The number of nitrogens with zero attached hydrogens (tertiary/aromatic N) is 2. The highest BCUT2D eigenvalue weighted by Crippen LogP contribution is 2.38. The van der Waals surface area contributed by atoms with E-state index in [1.807, 2.05) is 0 Å². The molecular formula is C10H12N2O9S. The van der Waals surface area contributed by atoms with Crippen LogP contribution in [0.5, 0.6) is 11.5 Å². The van der Waals surface area contributed by atoms with Crippen LogP contribution in [0, 0.1) is 20.2 Å². The molecule has 1 rings (SSSR count). The zero-order valence-corrected chi connectivity index (χ0v) is 12.1. The number of rotatable bonds is 8. The molecular weight excluding hydrogens is 324 g/mol. The van der Waals surface area contributed by atoms with Crippen molar-refractivity contribution in [3.63, 3.8) is 0 Å². The first-order chi connectivity index (χ1) is 10.2. The number of benzene rings is 1. The summed E-state index contributed by atoms with van der Waals surface area (Å²) in [5.41, 5.74) is -1.54. The minimum Gasteiger partial charge on any atom is -0.493 e. The van der Waals surface area contributed by atoms with Crippen LogP contribution in [-0.4, -0.2) is 42.3 Å². The monoisotopic (exact) mass is 336 g/mol. The van der Waals surface area contributed by atoms with Crippen molar-refractivity contribution in [1.29, 1.82) is 0 Å². The molecule has 0 amide bonds. The number of ether oxygens (including phenoxy) is 2. The number of methoxy groups -OCH3 is 1. The highest BCUT2D eigenvalue weighted by Gasteiger charge is 2.28. The highest BCUT2D eigenvalue weighted by atomic mass is 32.2. The number of nitro benzene ring substituents is 2. The summed E-state index contributed by atoms with van der Waals surface area (Å²) in [4.78, 5) is 19.7. The molecule has 0 saturated heterocycles. The van der Waals surface area contributed by atoms with E-state index in [9.17, 15) is 28.6 Å². The van der Waals surface area contributed by atoms with E-state index in [0.29, 0.717) is 0 Å². The van der Waals surface area contributed by atoms with E-state index in [1.54, 1.807) is 0 Å². The van der Waals surface area contributed by atoms with E-state index in [4.69, 9.17) is 14.0 Å². The SMILES string of the molecule is COc1cc([N+](=O)[O-])c([N+](=O)[O-])cc1OCCCS(=O)(=O)O. The van der Waals surface area contributed by atoms with Crippen LogP contribution < -0.4 is 9.47 Å². The predicted octanol–water partition coefficient (Wildman–Crippen LogP) is 1.17. The third-order valence-electron chi connectivity index (χ3n) is 2.46. The Hall–Kier alpha value is -2.47. The van der Waals surface area contributed by atoms with E-state index in [2.05, 4.69) is 0 Å². The van der Waals surface area contributed by atoms with Gasteiger partial charge in [-0.2, -0.15) is 8.42 Å². The van der Waals surface area contributed by atoms with Crippen molar-refractivity contribution in [1.82, 2.24) is 0 Å². The van der Waals surface area contributed by atoms with Gasteiger partial charge >= 0.3 is 11.4 Å². The molecule has 12 heteroatoms. The van der Waals surface area contributed by atoms with E-state index in [-0.39, 0.29) is 24.5 Å². The lowest BCUT2D eigenvalue weighted by Gasteiger charge is -2.10. The van der Waals surface area contributed by atoms with Gasteiger partial charge in [-0.3, -0.25) is 24.8 Å². The molecule has 0 spiro atoms. The van der Waals surface area contributed by atoms with Gasteiger partial charge in [0, 0.05) is 0 Å². The molecule has 0 aliphatic heterocycles. The summed E-state index contributed by atoms with van der Waals surface area (Å²) in [7, 11) is -2.95. The van der Waals surface area contributed by atoms with Gasteiger partial charge in [-0.05, 0) is 6.42 Å². The summed E-state index contributed by atoms with van der Waals surface area (Å²) < 4.78 is 39.6. The van der Waals surface area contributed by atoms with Crippen LogP contribution in [0.25, 0.3) is 0 Å². The van der Waals surface area contributed by atoms with Crippen LogP contribution in [0.1, 0.15) is 6.42 Å². The third kappa shape index (κ3) is 4.82. The van der Waals surface area contributed by atoms with Crippen LogP contribution in [-0.2, 0) is 10.1 Å². The molecule has 0 bridgehead atoms. The first-order valence-electron chi connectivity index (χ1n) is 5.74. The maximum absolute atomic E-state index is 10.8. The zero-order chi connectivity index (χ0) is 16.9. The maximum Gasteiger partial charge on any atom is 0.350 e. The molecule has 0 saturated carbocycles. The standard InChI is InChI=1S/C10H12N2O9S/c1-20-9-5-7(11(13)14)8(12(15)16)6-10(9)21-3-2-4-22(17,18)19/h5-6H,2-4H2,1H3,(H,17,18,19). The fraction of sp³-hybridized carbons (Fsp3) is 0.400. The molecule has 1 aromatic rings. The Kier molecular flexibility index (Phi) is 5.59. The van der Waals surface area contributed by atoms with Gasteiger partial charge in [0.05, 0.1) is 41.4 Å². The van der Waals surface area contributed by atoms with E-state index < -0.39 is 37.1 Å². The largest absolute Gasteiger partial charge is 0.493 e. The average Bonchev–Trinajstić information content (AvgIpc) is 2.41. The quantitative estimate of drug-likeness (QED) is 0.318. The van der Waals surface area contributed by atoms with E-state index in [1.165, 1.54) is 7.11 Å². The molecule has 11 nitrogen and oxygen atoms in total. The molecule has 0 aliphatic rings. The van der Waals surface area contributed by atoms with Gasteiger partial charge in [0.25, 0.3) is 10.1 Å². The molecule has 0 heterocycles. The van der Waals surface area contributed by atoms with Crippen molar-refractivity contribution < 1.29 is 32.3 Å². The topological polar surface area (TPSA) is 159 Å². The number of hydrogen-bond acceptors (Lipinski definition) is 8. The van der Waals surface area contributed by atoms with Crippen molar-refractivity contribution in [2.45, 2.75) is 6.42 Å². The lowest BCUT2D eigenvalue weighted by molar-refractivity contribution is -0.422. The average molecular weight is 336 g/mol. The Labute approximate surface area is 124 Å². The Morgan fingerprint density at radius 2 is 1.64 bits per heavy atom. The van der Waals surface area contributed by atoms with Crippen LogP contribution in [0.3, 0.4) is 0 Å². The Morgan fingerprint density at radius 3 is 2.05 bits per heavy atom. The van der Waals surface area contributed by atoms with Crippen LogP contribution >= 0.6 is 0 Å². The summed E-state index contributed by atoms with van der Waals surface area (Å²) in [6.45, 7) is -0.189. The van der Waals surface area contributed by atoms with E-state index >= 15 is 0 Å². The fourth-order valence-electron chi connectivity index (χ4n) is 1.53. The van der Waals surface area contributed by atoms with Gasteiger partial charge in [-0.25, -0.2) is 0 Å². The molecule has 0 radical (unpaired) electrons. The molecule has 1 aromatic carbocycles. The minimum absolute atomic E-state index is 0.0766. The first-order valence-corrected chi connectivity index (χ1v) is 7.35. The van der Waals surface area contributed by atoms with E-state index in [0.717, 1.165) is 12.1 Å². The zero-order valence-electron chi connectivity index (χ0n) is 11.3. The molecule has 0 fully saturated rings. The molecule has 1 N–H and O–H groups in total. The second kappa shape index (κ2) is 7.00. The summed E-state index contributed by atoms with van der Waals surface area (Å²) in [5.74, 6) is -0.802. The molecule has 22 heavy (non-hydrogen) atoms.